The molecule has 3 aromatic heterocycles. The first-order valence-electron chi connectivity index (χ1n) is 6.76. The van der Waals surface area contributed by atoms with Crippen LogP contribution in [0.25, 0.3) is 11.2 Å². The SMILES string of the molecule is Brc1cc(CNCCCNc2nc3ncncc3[nH]2)sc1Br.Cl.Cl. The summed E-state index contributed by atoms with van der Waals surface area (Å²) in [6, 6.07) is 2.13. The number of fused-ring (bicyclic) bond motifs is 1. The van der Waals surface area contributed by atoms with Gasteiger partial charge in [0.05, 0.1) is 9.98 Å². The Hall–Kier alpha value is -0.450. The minimum Gasteiger partial charge on any atom is -0.356 e. The van der Waals surface area contributed by atoms with Crippen molar-refractivity contribution in [1.29, 1.82) is 0 Å². The topological polar surface area (TPSA) is 78.5 Å². The molecule has 3 rings (SSSR count). The van der Waals surface area contributed by atoms with Gasteiger partial charge in [0.1, 0.15) is 11.8 Å². The number of nitrogens with one attached hydrogen (secondary N) is 3. The number of anilines is 1. The smallest absolute Gasteiger partial charge is 0.202 e. The van der Waals surface area contributed by atoms with Crippen LogP contribution in [0.15, 0.2) is 26.8 Å². The minimum atomic E-state index is 0. The third kappa shape index (κ3) is 5.82. The highest BCUT2D eigenvalue weighted by Crippen LogP contribution is 2.32. The zero-order chi connectivity index (χ0) is 15.4. The van der Waals surface area contributed by atoms with Crippen molar-refractivity contribution in [1.82, 2.24) is 25.3 Å². The number of aromatic nitrogens is 4. The van der Waals surface area contributed by atoms with Crippen LogP contribution in [0.3, 0.4) is 0 Å². The monoisotopic (exact) mass is 516 g/mol. The lowest BCUT2D eigenvalue weighted by Crippen LogP contribution is -2.17. The van der Waals surface area contributed by atoms with Crippen molar-refractivity contribution in [2.24, 2.45) is 0 Å². The van der Waals surface area contributed by atoms with Gasteiger partial charge in [0.2, 0.25) is 5.95 Å². The van der Waals surface area contributed by atoms with Crippen LogP contribution < -0.4 is 10.6 Å². The van der Waals surface area contributed by atoms with E-state index in [1.807, 2.05) is 0 Å². The Balaban J connectivity index is 0.00000144. The van der Waals surface area contributed by atoms with E-state index < -0.39 is 0 Å². The fourth-order valence-electron chi connectivity index (χ4n) is 1.96. The fraction of sp³-hybridized carbons (Fsp3) is 0.308. The molecule has 6 nitrogen and oxygen atoms in total. The summed E-state index contributed by atoms with van der Waals surface area (Å²) in [6.45, 7) is 2.67. The molecule has 0 unspecified atom stereocenters. The predicted octanol–water partition coefficient (Wildman–Crippen LogP) is 4.37. The van der Waals surface area contributed by atoms with Crippen molar-refractivity contribution >= 4 is 85.1 Å². The maximum absolute atomic E-state index is 4.34. The molecule has 3 heterocycles. The number of thiophene rings is 1. The Bertz CT molecular complexity index is 713. The van der Waals surface area contributed by atoms with Crippen LogP contribution >= 0.6 is 68.0 Å². The van der Waals surface area contributed by atoms with E-state index in [-0.39, 0.29) is 24.8 Å². The van der Waals surface area contributed by atoms with Crippen LogP contribution in [0.1, 0.15) is 11.3 Å². The summed E-state index contributed by atoms with van der Waals surface area (Å²) in [5.41, 5.74) is 1.53. The lowest BCUT2D eigenvalue weighted by atomic mass is 10.4. The second-order valence-corrected chi connectivity index (χ2v) is 7.95. The van der Waals surface area contributed by atoms with Crippen molar-refractivity contribution in [2.45, 2.75) is 13.0 Å². The van der Waals surface area contributed by atoms with Crippen LogP contribution in [-0.2, 0) is 6.54 Å². The molecule has 11 heteroatoms. The number of aromatic amines is 1. The summed E-state index contributed by atoms with van der Waals surface area (Å²) in [4.78, 5) is 16.8. The Morgan fingerprint density at radius 3 is 2.75 bits per heavy atom. The number of halogens is 4. The van der Waals surface area contributed by atoms with E-state index in [1.165, 1.54) is 11.2 Å². The van der Waals surface area contributed by atoms with E-state index in [9.17, 15) is 0 Å². The van der Waals surface area contributed by atoms with Gasteiger partial charge in [0, 0.05) is 22.4 Å². The van der Waals surface area contributed by atoms with E-state index in [0.717, 1.165) is 45.8 Å². The van der Waals surface area contributed by atoms with Crippen molar-refractivity contribution in [3.8, 4) is 0 Å². The maximum Gasteiger partial charge on any atom is 0.202 e. The van der Waals surface area contributed by atoms with Crippen molar-refractivity contribution in [3.63, 3.8) is 0 Å². The largest absolute Gasteiger partial charge is 0.356 e. The number of hydrogen-bond donors (Lipinski definition) is 3. The average Bonchev–Trinajstić information content (AvgIpc) is 3.06. The highest BCUT2D eigenvalue weighted by molar-refractivity contribution is 9.13. The van der Waals surface area contributed by atoms with Gasteiger partial charge < -0.3 is 15.6 Å². The van der Waals surface area contributed by atoms with Crippen molar-refractivity contribution in [2.75, 3.05) is 18.4 Å². The van der Waals surface area contributed by atoms with Gasteiger partial charge >= 0.3 is 0 Å². The molecule has 3 aromatic rings. The van der Waals surface area contributed by atoms with Crippen LogP contribution in [0.2, 0.25) is 0 Å². The molecular formula is C13H16Br2Cl2N6S. The molecule has 0 atom stereocenters. The number of H-pyrrole nitrogens is 1. The number of imidazole rings is 1. The number of hydrogen-bond acceptors (Lipinski definition) is 6. The van der Waals surface area contributed by atoms with E-state index in [0.29, 0.717) is 5.65 Å². The van der Waals surface area contributed by atoms with Gasteiger partial charge in [-0.1, -0.05) is 0 Å². The fourth-order valence-corrected chi connectivity index (χ4v) is 4.10. The lowest BCUT2D eigenvalue weighted by Gasteiger charge is -2.04. The van der Waals surface area contributed by atoms with Crippen LogP contribution in [-0.4, -0.2) is 33.0 Å². The molecule has 132 valence electrons. The molecule has 0 bridgehead atoms. The van der Waals surface area contributed by atoms with E-state index in [1.54, 1.807) is 17.5 Å². The standard InChI is InChI=1S/C13H14Br2N6S.2ClH/c14-9-4-8(22-11(9)15)5-16-2-1-3-18-13-20-10-6-17-7-19-12(10)21-13;;/h4,6-7,16H,1-3,5H2,(H2,17,18,19,20,21);2*1H. The molecule has 0 radical (unpaired) electrons. The average molecular weight is 519 g/mol. The molecule has 0 fully saturated rings. The number of rotatable bonds is 7. The van der Waals surface area contributed by atoms with Gasteiger partial charge in [-0.05, 0) is 50.9 Å². The third-order valence-corrected chi connectivity index (χ3v) is 6.24. The Labute approximate surface area is 172 Å². The van der Waals surface area contributed by atoms with E-state index >= 15 is 0 Å². The van der Waals surface area contributed by atoms with Gasteiger partial charge in [-0.25, -0.2) is 9.97 Å². The second kappa shape index (κ2) is 10.5. The number of nitrogens with zero attached hydrogens (tertiary/aromatic N) is 3. The Kier molecular flexibility index (Phi) is 9.47. The Morgan fingerprint density at radius 1 is 1.21 bits per heavy atom. The van der Waals surface area contributed by atoms with Gasteiger partial charge in [0.25, 0.3) is 0 Å². The Morgan fingerprint density at radius 2 is 2.04 bits per heavy atom. The molecule has 3 N–H and O–H groups in total. The molecule has 0 aliphatic heterocycles. The van der Waals surface area contributed by atoms with E-state index in [2.05, 4.69) is 68.5 Å². The normalized spacial score (nSPS) is 10.2. The summed E-state index contributed by atoms with van der Waals surface area (Å²) < 4.78 is 2.25. The van der Waals surface area contributed by atoms with Gasteiger partial charge in [0.15, 0.2) is 5.65 Å². The molecule has 0 saturated heterocycles. The zero-order valence-electron chi connectivity index (χ0n) is 12.4. The first-order chi connectivity index (χ1) is 10.7. The zero-order valence-corrected chi connectivity index (χ0v) is 18.0. The predicted molar refractivity (Wildman–Crippen MR) is 111 cm³/mol. The molecule has 0 aliphatic carbocycles. The van der Waals surface area contributed by atoms with Gasteiger partial charge in [-0.15, -0.1) is 36.2 Å². The summed E-state index contributed by atoms with van der Waals surface area (Å²) in [7, 11) is 0. The summed E-state index contributed by atoms with van der Waals surface area (Å²) in [5, 5.41) is 6.69. The molecule has 0 spiro atoms. The van der Waals surface area contributed by atoms with Crippen LogP contribution in [0.5, 0.6) is 0 Å². The lowest BCUT2D eigenvalue weighted by molar-refractivity contribution is 0.668. The minimum absolute atomic E-state index is 0. The molecule has 0 aromatic carbocycles. The molecular weight excluding hydrogens is 503 g/mol. The molecule has 24 heavy (non-hydrogen) atoms. The molecule has 0 aliphatic rings. The van der Waals surface area contributed by atoms with Crippen LogP contribution in [0.4, 0.5) is 5.95 Å². The molecule has 0 amide bonds. The van der Waals surface area contributed by atoms with Gasteiger partial charge in [-0.3, -0.25) is 0 Å². The van der Waals surface area contributed by atoms with E-state index in [4.69, 9.17) is 0 Å². The quantitative estimate of drug-likeness (QED) is 0.405. The second-order valence-electron chi connectivity index (χ2n) is 4.64. The highest BCUT2D eigenvalue weighted by atomic mass is 79.9. The molecule has 0 saturated carbocycles. The maximum atomic E-state index is 4.34. The van der Waals surface area contributed by atoms with Gasteiger partial charge in [-0.2, -0.15) is 4.98 Å². The van der Waals surface area contributed by atoms with Crippen LogP contribution in [0, 0.1) is 0 Å². The highest BCUT2D eigenvalue weighted by Gasteiger charge is 2.04. The first kappa shape index (κ1) is 21.6. The summed E-state index contributed by atoms with van der Waals surface area (Å²) in [6.07, 6.45) is 4.23. The summed E-state index contributed by atoms with van der Waals surface area (Å²) >= 11 is 8.74. The summed E-state index contributed by atoms with van der Waals surface area (Å²) in [5.74, 6) is 0.738. The first-order valence-corrected chi connectivity index (χ1v) is 9.16. The third-order valence-electron chi connectivity index (χ3n) is 2.98. The van der Waals surface area contributed by atoms with Crippen molar-refractivity contribution in [3.05, 3.63) is 31.7 Å². The van der Waals surface area contributed by atoms with Crippen molar-refractivity contribution < 1.29 is 0 Å².